The third-order valence-corrected chi connectivity index (χ3v) is 3.65. The van der Waals surface area contributed by atoms with Gasteiger partial charge in [-0.05, 0) is 59.5 Å². The number of halogens is 2. The summed E-state index contributed by atoms with van der Waals surface area (Å²) in [6, 6.07) is 5.83. The summed E-state index contributed by atoms with van der Waals surface area (Å²) in [6.07, 6.45) is 2.64. The lowest BCUT2D eigenvalue weighted by atomic mass is 10.3. The van der Waals surface area contributed by atoms with Crippen LogP contribution < -0.4 is 4.74 Å². The van der Waals surface area contributed by atoms with Gasteiger partial charge >= 0.3 is 0 Å². The quantitative estimate of drug-likeness (QED) is 0.773. The molecule has 1 aromatic carbocycles. The first-order valence-corrected chi connectivity index (χ1v) is 5.79. The fraction of sp³-hybridized carbons (Fsp3) is 0.400. The van der Waals surface area contributed by atoms with E-state index in [1.54, 1.807) is 0 Å². The molecule has 0 N–H and O–H groups in total. The molecule has 0 bridgehead atoms. The first-order valence-electron chi connectivity index (χ1n) is 4.33. The van der Waals surface area contributed by atoms with Gasteiger partial charge in [0.05, 0.1) is 11.6 Å². The van der Waals surface area contributed by atoms with Crippen molar-refractivity contribution in [3.8, 4) is 5.75 Å². The maximum absolute atomic E-state index is 5.96. The van der Waals surface area contributed by atoms with Crippen LogP contribution in [0.25, 0.3) is 0 Å². The van der Waals surface area contributed by atoms with Gasteiger partial charge in [-0.15, -0.1) is 0 Å². The summed E-state index contributed by atoms with van der Waals surface area (Å²) >= 11 is 8.16. The van der Waals surface area contributed by atoms with Crippen molar-refractivity contribution in [1.29, 1.82) is 0 Å². The SMILES string of the molecule is Clc1cc(OCC2CC2)ccc1I. The summed E-state index contributed by atoms with van der Waals surface area (Å²) in [5.41, 5.74) is 0. The second-order valence-corrected chi connectivity index (χ2v) is 4.90. The molecule has 1 nitrogen and oxygen atoms in total. The predicted octanol–water partition coefficient (Wildman–Crippen LogP) is 3.73. The summed E-state index contributed by atoms with van der Waals surface area (Å²) in [4.78, 5) is 0. The first-order chi connectivity index (χ1) is 6.25. The average Bonchev–Trinajstić information content (AvgIpc) is 2.91. The van der Waals surface area contributed by atoms with Gasteiger partial charge in [-0.2, -0.15) is 0 Å². The number of rotatable bonds is 3. The molecule has 0 radical (unpaired) electrons. The van der Waals surface area contributed by atoms with Crippen molar-refractivity contribution in [2.24, 2.45) is 5.92 Å². The summed E-state index contributed by atoms with van der Waals surface area (Å²) in [7, 11) is 0. The second-order valence-electron chi connectivity index (χ2n) is 3.33. The Morgan fingerprint density at radius 1 is 1.46 bits per heavy atom. The molecule has 1 aliphatic carbocycles. The Morgan fingerprint density at radius 2 is 2.23 bits per heavy atom. The number of ether oxygens (including phenoxy) is 1. The lowest BCUT2D eigenvalue weighted by Crippen LogP contribution is -1.98. The van der Waals surface area contributed by atoms with Crippen LogP contribution in [0.3, 0.4) is 0 Å². The van der Waals surface area contributed by atoms with Gasteiger partial charge in [-0.3, -0.25) is 0 Å². The number of benzene rings is 1. The Bertz CT molecular complexity index is 310. The molecule has 3 heteroatoms. The summed E-state index contributed by atoms with van der Waals surface area (Å²) in [5, 5.41) is 0.772. The normalized spacial score (nSPS) is 15.8. The summed E-state index contributed by atoms with van der Waals surface area (Å²) < 4.78 is 6.65. The fourth-order valence-electron chi connectivity index (χ4n) is 1.07. The van der Waals surface area contributed by atoms with E-state index in [9.17, 15) is 0 Å². The molecule has 1 fully saturated rings. The lowest BCUT2D eigenvalue weighted by Gasteiger charge is -2.05. The van der Waals surface area contributed by atoms with Crippen LogP contribution in [-0.2, 0) is 0 Å². The van der Waals surface area contributed by atoms with E-state index in [0.29, 0.717) is 0 Å². The van der Waals surface area contributed by atoms with E-state index < -0.39 is 0 Å². The standard InChI is InChI=1S/C10H10ClIO/c11-9-5-8(3-4-10(9)12)13-6-7-1-2-7/h3-5,7H,1-2,6H2. The molecule has 0 amide bonds. The molecule has 0 unspecified atom stereocenters. The Balaban J connectivity index is 1.98. The van der Waals surface area contributed by atoms with Crippen LogP contribution in [0, 0.1) is 9.49 Å². The minimum Gasteiger partial charge on any atom is -0.493 e. The molecule has 70 valence electrons. The zero-order valence-corrected chi connectivity index (χ0v) is 10.0. The Morgan fingerprint density at radius 3 is 2.85 bits per heavy atom. The highest BCUT2D eigenvalue weighted by Gasteiger charge is 2.21. The topological polar surface area (TPSA) is 9.23 Å². The van der Waals surface area contributed by atoms with Gasteiger partial charge in [-0.25, -0.2) is 0 Å². The average molecular weight is 309 g/mol. The van der Waals surface area contributed by atoms with Gasteiger partial charge in [0.1, 0.15) is 5.75 Å². The maximum atomic E-state index is 5.96. The molecule has 1 saturated carbocycles. The Labute approximate surface area is 96.6 Å². The molecule has 0 heterocycles. The second kappa shape index (κ2) is 4.05. The van der Waals surface area contributed by atoms with E-state index in [1.165, 1.54) is 12.8 Å². The highest BCUT2D eigenvalue weighted by atomic mass is 127. The van der Waals surface area contributed by atoms with E-state index >= 15 is 0 Å². The largest absolute Gasteiger partial charge is 0.493 e. The molecule has 0 aliphatic heterocycles. The van der Waals surface area contributed by atoms with Gasteiger partial charge in [0.25, 0.3) is 0 Å². The van der Waals surface area contributed by atoms with Crippen molar-refractivity contribution in [2.45, 2.75) is 12.8 Å². The van der Waals surface area contributed by atoms with Crippen LogP contribution in [0.15, 0.2) is 18.2 Å². The van der Waals surface area contributed by atoms with Crippen molar-refractivity contribution in [1.82, 2.24) is 0 Å². The smallest absolute Gasteiger partial charge is 0.120 e. The Kier molecular flexibility index (Phi) is 2.99. The van der Waals surface area contributed by atoms with Crippen LogP contribution >= 0.6 is 34.2 Å². The monoisotopic (exact) mass is 308 g/mol. The molecule has 0 saturated heterocycles. The third-order valence-electron chi connectivity index (χ3n) is 2.07. The highest BCUT2D eigenvalue weighted by Crippen LogP contribution is 2.30. The molecule has 0 atom stereocenters. The van der Waals surface area contributed by atoms with E-state index in [2.05, 4.69) is 22.6 Å². The van der Waals surface area contributed by atoms with E-state index in [0.717, 1.165) is 26.9 Å². The first kappa shape index (κ1) is 9.59. The van der Waals surface area contributed by atoms with Crippen LogP contribution in [-0.4, -0.2) is 6.61 Å². The van der Waals surface area contributed by atoms with Crippen molar-refractivity contribution >= 4 is 34.2 Å². The summed E-state index contributed by atoms with van der Waals surface area (Å²) in [6.45, 7) is 0.844. The zero-order chi connectivity index (χ0) is 9.26. The molecule has 0 aromatic heterocycles. The van der Waals surface area contributed by atoms with E-state index in [1.807, 2.05) is 18.2 Å². The van der Waals surface area contributed by atoms with Crippen LogP contribution in [0.2, 0.25) is 5.02 Å². The molecule has 1 aliphatic rings. The molecular weight excluding hydrogens is 298 g/mol. The molecule has 0 spiro atoms. The van der Waals surface area contributed by atoms with Gasteiger partial charge in [-0.1, -0.05) is 11.6 Å². The van der Waals surface area contributed by atoms with Gasteiger partial charge in [0.2, 0.25) is 0 Å². The maximum Gasteiger partial charge on any atom is 0.120 e. The number of hydrogen-bond acceptors (Lipinski definition) is 1. The highest BCUT2D eigenvalue weighted by molar-refractivity contribution is 14.1. The van der Waals surface area contributed by atoms with Gasteiger partial charge in [0, 0.05) is 3.57 Å². The molecule has 1 aromatic rings. The predicted molar refractivity (Wildman–Crippen MR) is 62.4 cm³/mol. The third kappa shape index (κ3) is 2.74. The van der Waals surface area contributed by atoms with E-state index in [4.69, 9.17) is 16.3 Å². The van der Waals surface area contributed by atoms with Gasteiger partial charge < -0.3 is 4.74 Å². The summed E-state index contributed by atoms with van der Waals surface area (Å²) in [5.74, 6) is 1.68. The zero-order valence-electron chi connectivity index (χ0n) is 7.09. The fourth-order valence-corrected chi connectivity index (χ4v) is 1.57. The lowest BCUT2D eigenvalue weighted by molar-refractivity contribution is 0.300. The van der Waals surface area contributed by atoms with Crippen molar-refractivity contribution < 1.29 is 4.74 Å². The van der Waals surface area contributed by atoms with Crippen molar-refractivity contribution in [3.05, 3.63) is 26.8 Å². The van der Waals surface area contributed by atoms with Crippen molar-refractivity contribution in [3.63, 3.8) is 0 Å². The van der Waals surface area contributed by atoms with Crippen molar-refractivity contribution in [2.75, 3.05) is 6.61 Å². The molecular formula is C10H10ClIO. The minimum atomic E-state index is 0.772. The Hall–Kier alpha value is 0.0400. The van der Waals surface area contributed by atoms with E-state index in [-0.39, 0.29) is 0 Å². The number of hydrogen-bond donors (Lipinski definition) is 0. The minimum absolute atomic E-state index is 0.772. The van der Waals surface area contributed by atoms with Crippen LogP contribution in [0.1, 0.15) is 12.8 Å². The molecule has 2 rings (SSSR count). The molecule has 13 heavy (non-hydrogen) atoms. The van der Waals surface area contributed by atoms with Gasteiger partial charge in [0.15, 0.2) is 0 Å². The van der Waals surface area contributed by atoms with Crippen LogP contribution in [0.4, 0.5) is 0 Å². The van der Waals surface area contributed by atoms with Crippen LogP contribution in [0.5, 0.6) is 5.75 Å².